The first-order chi connectivity index (χ1) is 8.90. The standard InChI is InChI=1S/C14H19N3OS/c1-9-5-6-13(19-9)10(2)17(4)14(18)12-7-11(15)8-16(12)3/h5-8,10H,15H2,1-4H3. The molecule has 0 fully saturated rings. The molecule has 2 aromatic heterocycles. The van der Waals surface area contributed by atoms with Crippen LogP contribution in [0, 0.1) is 6.92 Å². The third kappa shape index (κ3) is 2.66. The van der Waals surface area contributed by atoms with E-state index in [1.54, 1.807) is 33.1 Å². The van der Waals surface area contributed by atoms with Gasteiger partial charge in [0.25, 0.3) is 5.91 Å². The molecule has 2 rings (SSSR count). The molecule has 0 radical (unpaired) electrons. The second-order valence-corrected chi connectivity index (χ2v) is 6.13. The van der Waals surface area contributed by atoms with Crippen LogP contribution in [0.3, 0.4) is 0 Å². The molecule has 4 nitrogen and oxygen atoms in total. The summed E-state index contributed by atoms with van der Waals surface area (Å²) in [6, 6.07) is 5.93. The molecule has 5 heteroatoms. The number of nitrogen functional groups attached to an aromatic ring is 1. The Labute approximate surface area is 117 Å². The quantitative estimate of drug-likeness (QED) is 0.938. The number of aromatic nitrogens is 1. The Morgan fingerprint density at radius 1 is 1.47 bits per heavy atom. The third-order valence-electron chi connectivity index (χ3n) is 3.32. The van der Waals surface area contributed by atoms with Gasteiger partial charge in [0, 0.05) is 30.0 Å². The number of aryl methyl sites for hydroxylation is 2. The fourth-order valence-electron chi connectivity index (χ4n) is 2.03. The van der Waals surface area contributed by atoms with Crippen LogP contribution >= 0.6 is 11.3 Å². The maximum atomic E-state index is 12.5. The topological polar surface area (TPSA) is 51.3 Å². The van der Waals surface area contributed by atoms with E-state index in [0.717, 1.165) is 0 Å². The zero-order valence-electron chi connectivity index (χ0n) is 11.7. The fourth-order valence-corrected chi connectivity index (χ4v) is 3.00. The normalized spacial score (nSPS) is 12.4. The van der Waals surface area contributed by atoms with Crippen molar-refractivity contribution in [2.75, 3.05) is 12.8 Å². The molecule has 0 aromatic carbocycles. The molecule has 0 saturated carbocycles. The van der Waals surface area contributed by atoms with Crippen LogP contribution in [0.5, 0.6) is 0 Å². The van der Waals surface area contributed by atoms with Gasteiger partial charge in [-0.15, -0.1) is 11.3 Å². The van der Waals surface area contributed by atoms with Crippen LogP contribution in [0.25, 0.3) is 0 Å². The van der Waals surface area contributed by atoms with Gasteiger partial charge in [-0.1, -0.05) is 0 Å². The van der Waals surface area contributed by atoms with Crippen LogP contribution in [0.2, 0.25) is 0 Å². The lowest BCUT2D eigenvalue weighted by Crippen LogP contribution is -2.30. The van der Waals surface area contributed by atoms with Crippen molar-refractivity contribution in [3.63, 3.8) is 0 Å². The van der Waals surface area contributed by atoms with Crippen molar-refractivity contribution in [1.29, 1.82) is 0 Å². The van der Waals surface area contributed by atoms with Gasteiger partial charge in [-0.3, -0.25) is 4.79 Å². The molecule has 19 heavy (non-hydrogen) atoms. The predicted octanol–water partition coefficient (Wildman–Crippen LogP) is 2.81. The maximum Gasteiger partial charge on any atom is 0.270 e. The SMILES string of the molecule is Cc1ccc(C(C)N(C)C(=O)c2cc(N)cn2C)s1. The van der Waals surface area contributed by atoms with Gasteiger partial charge < -0.3 is 15.2 Å². The van der Waals surface area contributed by atoms with Crippen LogP contribution in [0.4, 0.5) is 5.69 Å². The number of amides is 1. The van der Waals surface area contributed by atoms with Gasteiger partial charge in [-0.05, 0) is 32.0 Å². The van der Waals surface area contributed by atoms with Crippen molar-refractivity contribution in [2.24, 2.45) is 7.05 Å². The van der Waals surface area contributed by atoms with E-state index in [1.165, 1.54) is 9.75 Å². The van der Waals surface area contributed by atoms with Gasteiger partial charge in [0.15, 0.2) is 0 Å². The molecule has 0 bridgehead atoms. The summed E-state index contributed by atoms with van der Waals surface area (Å²) in [4.78, 5) is 16.7. The van der Waals surface area contributed by atoms with Crippen LogP contribution in [-0.4, -0.2) is 22.4 Å². The lowest BCUT2D eigenvalue weighted by atomic mass is 10.2. The molecule has 2 heterocycles. The smallest absolute Gasteiger partial charge is 0.270 e. The number of nitrogens with two attached hydrogens (primary N) is 1. The molecule has 0 saturated heterocycles. The summed E-state index contributed by atoms with van der Waals surface area (Å²) in [6.45, 7) is 4.11. The van der Waals surface area contributed by atoms with Crippen molar-refractivity contribution in [2.45, 2.75) is 19.9 Å². The second kappa shape index (κ2) is 5.09. The summed E-state index contributed by atoms with van der Waals surface area (Å²) in [5.74, 6) is -0.0160. The summed E-state index contributed by atoms with van der Waals surface area (Å²) in [5, 5.41) is 0. The monoisotopic (exact) mass is 277 g/mol. The predicted molar refractivity (Wildman–Crippen MR) is 79.4 cm³/mol. The second-order valence-electron chi connectivity index (χ2n) is 4.81. The molecule has 1 amide bonds. The Hall–Kier alpha value is -1.75. The molecule has 2 N–H and O–H groups in total. The Morgan fingerprint density at radius 3 is 2.63 bits per heavy atom. The Kier molecular flexibility index (Phi) is 3.66. The van der Waals surface area contributed by atoms with Crippen molar-refractivity contribution < 1.29 is 4.79 Å². The average molecular weight is 277 g/mol. The molecule has 2 aromatic rings. The molecule has 1 atom stereocenters. The number of thiophene rings is 1. The highest BCUT2D eigenvalue weighted by atomic mass is 32.1. The zero-order chi connectivity index (χ0) is 14.2. The summed E-state index contributed by atoms with van der Waals surface area (Å²) >= 11 is 1.72. The molecular formula is C14H19N3OS. The van der Waals surface area contributed by atoms with E-state index in [9.17, 15) is 4.79 Å². The number of nitrogens with zero attached hydrogens (tertiary/aromatic N) is 2. The van der Waals surface area contributed by atoms with Crippen molar-refractivity contribution in [1.82, 2.24) is 9.47 Å². The highest BCUT2D eigenvalue weighted by molar-refractivity contribution is 7.12. The molecular weight excluding hydrogens is 258 g/mol. The van der Waals surface area contributed by atoms with Crippen molar-refractivity contribution in [3.05, 3.63) is 39.8 Å². The van der Waals surface area contributed by atoms with E-state index in [-0.39, 0.29) is 11.9 Å². The van der Waals surface area contributed by atoms with Gasteiger partial charge in [0.2, 0.25) is 0 Å². The summed E-state index contributed by atoms with van der Waals surface area (Å²) in [7, 11) is 3.66. The average Bonchev–Trinajstić information content (AvgIpc) is 2.92. The lowest BCUT2D eigenvalue weighted by Gasteiger charge is -2.24. The largest absolute Gasteiger partial charge is 0.397 e. The number of carbonyl (C=O) groups is 1. The highest BCUT2D eigenvalue weighted by Gasteiger charge is 2.22. The van der Waals surface area contributed by atoms with Gasteiger partial charge in [0.1, 0.15) is 5.69 Å². The molecule has 102 valence electrons. The minimum atomic E-state index is -0.0160. The highest BCUT2D eigenvalue weighted by Crippen LogP contribution is 2.27. The van der Waals surface area contributed by atoms with Crippen LogP contribution in [0.1, 0.15) is 33.2 Å². The van der Waals surface area contributed by atoms with Crippen LogP contribution in [-0.2, 0) is 7.05 Å². The van der Waals surface area contributed by atoms with E-state index >= 15 is 0 Å². The van der Waals surface area contributed by atoms with Gasteiger partial charge in [-0.25, -0.2) is 0 Å². The van der Waals surface area contributed by atoms with E-state index in [1.807, 2.05) is 21.0 Å². The fraction of sp³-hybridized carbons (Fsp3) is 0.357. The number of anilines is 1. The first kappa shape index (κ1) is 13.7. The van der Waals surface area contributed by atoms with E-state index in [2.05, 4.69) is 19.1 Å². The number of hydrogen-bond donors (Lipinski definition) is 1. The van der Waals surface area contributed by atoms with E-state index < -0.39 is 0 Å². The Balaban J connectivity index is 2.21. The van der Waals surface area contributed by atoms with Crippen molar-refractivity contribution >= 4 is 22.9 Å². The van der Waals surface area contributed by atoms with Crippen molar-refractivity contribution in [3.8, 4) is 0 Å². The molecule has 1 unspecified atom stereocenters. The summed E-state index contributed by atoms with van der Waals surface area (Å²) < 4.78 is 1.76. The Bertz CT molecular complexity index is 600. The third-order valence-corrected chi connectivity index (χ3v) is 4.49. The zero-order valence-corrected chi connectivity index (χ0v) is 12.5. The molecule has 0 aliphatic rings. The van der Waals surface area contributed by atoms with Crippen LogP contribution in [0.15, 0.2) is 24.4 Å². The first-order valence-corrected chi connectivity index (χ1v) is 6.97. The summed E-state index contributed by atoms with van der Waals surface area (Å²) in [5.41, 5.74) is 6.94. The van der Waals surface area contributed by atoms with Gasteiger partial charge >= 0.3 is 0 Å². The lowest BCUT2D eigenvalue weighted by molar-refractivity contribution is 0.0735. The van der Waals surface area contributed by atoms with E-state index in [0.29, 0.717) is 11.4 Å². The van der Waals surface area contributed by atoms with Gasteiger partial charge in [0.05, 0.1) is 11.7 Å². The van der Waals surface area contributed by atoms with Gasteiger partial charge in [-0.2, -0.15) is 0 Å². The van der Waals surface area contributed by atoms with E-state index in [4.69, 9.17) is 5.73 Å². The maximum absolute atomic E-state index is 12.5. The number of hydrogen-bond acceptors (Lipinski definition) is 3. The number of rotatable bonds is 3. The molecule has 0 aliphatic heterocycles. The minimum Gasteiger partial charge on any atom is -0.397 e. The molecule has 0 spiro atoms. The summed E-state index contributed by atoms with van der Waals surface area (Å²) in [6.07, 6.45) is 1.75. The van der Waals surface area contributed by atoms with Crippen LogP contribution < -0.4 is 5.73 Å². The molecule has 0 aliphatic carbocycles. The minimum absolute atomic E-state index is 0.0160. The first-order valence-electron chi connectivity index (χ1n) is 6.15. The Morgan fingerprint density at radius 2 is 2.16 bits per heavy atom. The number of carbonyl (C=O) groups excluding carboxylic acids is 1.